The second-order valence-corrected chi connectivity index (χ2v) is 3.82. The molecule has 0 fully saturated rings. The van der Waals surface area contributed by atoms with E-state index in [1.807, 2.05) is 0 Å². The molecule has 0 saturated carbocycles. The summed E-state index contributed by atoms with van der Waals surface area (Å²) >= 11 is 5.78. The van der Waals surface area contributed by atoms with Gasteiger partial charge in [0.05, 0.1) is 12.6 Å². The summed E-state index contributed by atoms with van der Waals surface area (Å²) in [7, 11) is 0. The van der Waals surface area contributed by atoms with Crippen LogP contribution in [0.4, 0.5) is 0 Å². The van der Waals surface area contributed by atoms with Crippen LogP contribution in [0.5, 0.6) is 5.75 Å². The van der Waals surface area contributed by atoms with E-state index in [-0.39, 0.29) is 18.3 Å². The Kier molecular flexibility index (Phi) is 7.70. The average Bonchev–Trinajstić information content (AvgIpc) is 2.24. The minimum Gasteiger partial charge on any atom is -0.492 e. The molecule has 1 unspecified atom stereocenters. The Balaban J connectivity index is 0.00000256. The SMILES string of the molecule is CC(N)C(=O)NCCOc1cccc(Cl)c1.Cl. The van der Waals surface area contributed by atoms with Gasteiger partial charge in [0.25, 0.3) is 0 Å². The predicted octanol–water partition coefficient (Wildman–Crippen LogP) is 1.60. The first-order valence-corrected chi connectivity index (χ1v) is 5.39. The Morgan fingerprint density at radius 2 is 2.29 bits per heavy atom. The average molecular weight is 279 g/mol. The molecule has 0 aromatic heterocycles. The number of hydrogen-bond acceptors (Lipinski definition) is 3. The zero-order chi connectivity index (χ0) is 12.0. The highest BCUT2D eigenvalue weighted by Gasteiger charge is 2.05. The van der Waals surface area contributed by atoms with Gasteiger partial charge >= 0.3 is 0 Å². The maximum atomic E-state index is 11.1. The molecule has 0 bridgehead atoms. The number of halogens is 2. The lowest BCUT2D eigenvalue weighted by Gasteiger charge is -2.09. The number of carbonyl (C=O) groups is 1. The van der Waals surface area contributed by atoms with E-state index in [2.05, 4.69) is 5.32 Å². The topological polar surface area (TPSA) is 64.4 Å². The molecule has 96 valence electrons. The van der Waals surface area contributed by atoms with Crippen LogP contribution in [-0.4, -0.2) is 25.1 Å². The zero-order valence-corrected chi connectivity index (χ0v) is 11.1. The molecule has 17 heavy (non-hydrogen) atoms. The van der Waals surface area contributed by atoms with Gasteiger partial charge in [0.2, 0.25) is 5.91 Å². The third-order valence-electron chi connectivity index (χ3n) is 1.88. The lowest BCUT2D eigenvalue weighted by Crippen LogP contribution is -2.40. The quantitative estimate of drug-likeness (QED) is 0.805. The normalized spacial score (nSPS) is 11.2. The van der Waals surface area contributed by atoms with Crippen molar-refractivity contribution in [1.82, 2.24) is 5.32 Å². The van der Waals surface area contributed by atoms with Gasteiger partial charge < -0.3 is 15.8 Å². The van der Waals surface area contributed by atoms with Crippen molar-refractivity contribution in [2.75, 3.05) is 13.2 Å². The van der Waals surface area contributed by atoms with E-state index >= 15 is 0 Å². The van der Waals surface area contributed by atoms with E-state index in [0.717, 1.165) is 0 Å². The molecule has 0 saturated heterocycles. The summed E-state index contributed by atoms with van der Waals surface area (Å²) in [4.78, 5) is 11.1. The maximum Gasteiger partial charge on any atom is 0.236 e. The van der Waals surface area contributed by atoms with Gasteiger partial charge in [0.15, 0.2) is 0 Å². The van der Waals surface area contributed by atoms with E-state index in [9.17, 15) is 4.79 Å². The molecule has 0 aliphatic heterocycles. The molecule has 1 aromatic rings. The van der Waals surface area contributed by atoms with Crippen LogP contribution in [0.1, 0.15) is 6.92 Å². The van der Waals surface area contributed by atoms with Gasteiger partial charge in [-0.05, 0) is 25.1 Å². The number of nitrogens with one attached hydrogen (secondary N) is 1. The van der Waals surface area contributed by atoms with E-state index in [4.69, 9.17) is 22.1 Å². The van der Waals surface area contributed by atoms with Crippen molar-refractivity contribution in [3.05, 3.63) is 29.3 Å². The van der Waals surface area contributed by atoms with Gasteiger partial charge in [0.1, 0.15) is 12.4 Å². The fraction of sp³-hybridized carbons (Fsp3) is 0.364. The fourth-order valence-corrected chi connectivity index (χ4v) is 1.24. The van der Waals surface area contributed by atoms with E-state index in [1.54, 1.807) is 31.2 Å². The number of rotatable bonds is 5. The number of carbonyl (C=O) groups excluding carboxylic acids is 1. The first-order valence-electron chi connectivity index (χ1n) is 5.01. The molecular weight excluding hydrogens is 263 g/mol. The Labute approximate surface area is 112 Å². The smallest absolute Gasteiger partial charge is 0.236 e. The van der Waals surface area contributed by atoms with Crippen LogP contribution >= 0.6 is 24.0 Å². The molecule has 1 rings (SSSR count). The van der Waals surface area contributed by atoms with Crippen LogP contribution in [0.3, 0.4) is 0 Å². The monoisotopic (exact) mass is 278 g/mol. The molecule has 6 heteroatoms. The van der Waals surface area contributed by atoms with Crippen molar-refractivity contribution in [3.8, 4) is 5.75 Å². The summed E-state index contributed by atoms with van der Waals surface area (Å²) in [6.45, 7) is 2.44. The van der Waals surface area contributed by atoms with Gasteiger partial charge in [-0.2, -0.15) is 0 Å². The molecule has 0 aliphatic carbocycles. The van der Waals surface area contributed by atoms with Gasteiger partial charge in [-0.1, -0.05) is 17.7 Å². The highest BCUT2D eigenvalue weighted by molar-refractivity contribution is 6.30. The number of amides is 1. The molecule has 1 aromatic carbocycles. The first kappa shape index (κ1) is 16.0. The second kappa shape index (κ2) is 8.17. The molecular formula is C11H16Cl2N2O2. The number of ether oxygens (including phenoxy) is 1. The van der Waals surface area contributed by atoms with Gasteiger partial charge in [-0.3, -0.25) is 4.79 Å². The van der Waals surface area contributed by atoms with E-state index < -0.39 is 6.04 Å². The molecule has 4 nitrogen and oxygen atoms in total. The Morgan fingerprint density at radius 3 is 2.88 bits per heavy atom. The van der Waals surface area contributed by atoms with Crippen molar-refractivity contribution < 1.29 is 9.53 Å². The lowest BCUT2D eigenvalue weighted by molar-refractivity contribution is -0.122. The van der Waals surface area contributed by atoms with Crippen LogP contribution in [0, 0.1) is 0 Å². The summed E-state index contributed by atoms with van der Waals surface area (Å²) in [5.74, 6) is 0.497. The Hall–Kier alpha value is -0.970. The van der Waals surface area contributed by atoms with Gasteiger partial charge in [0, 0.05) is 5.02 Å². The largest absolute Gasteiger partial charge is 0.492 e. The fourth-order valence-electron chi connectivity index (χ4n) is 1.06. The highest BCUT2D eigenvalue weighted by Crippen LogP contribution is 2.16. The van der Waals surface area contributed by atoms with Crippen LogP contribution in [-0.2, 0) is 4.79 Å². The summed E-state index contributed by atoms with van der Waals surface area (Å²) in [6.07, 6.45) is 0. The minimum absolute atomic E-state index is 0. The Morgan fingerprint density at radius 1 is 1.59 bits per heavy atom. The second-order valence-electron chi connectivity index (χ2n) is 3.39. The van der Waals surface area contributed by atoms with Crippen molar-refractivity contribution in [2.45, 2.75) is 13.0 Å². The summed E-state index contributed by atoms with van der Waals surface area (Å²) < 4.78 is 5.38. The van der Waals surface area contributed by atoms with Crippen molar-refractivity contribution in [2.24, 2.45) is 5.73 Å². The minimum atomic E-state index is -0.494. The van der Waals surface area contributed by atoms with Gasteiger partial charge in [-0.15, -0.1) is 12.4 Å². The molecule has 0 radical (unpaired) electrons. The molecule has 0 heterocycles. The predicted molar refractivity (Wildman–Crippen MR) is 70.9 cm³/mol. The van der Waals surface area contributed by atoms with Crippen LogP contribution in [0.2, 0.25) is 5.02 Å². The number of nitrogens with two attached hydrogens (primary N) is 1. The summed E-state index contributed by atoms with van der Waals surface area (Å²) in [5, 5.41) is 3.27. The van der Waals surface area contributed by atoms with Crippen molar-refractivity contribution in [1.29, 1.82) is 0 Å². The molecule has 3 N–H and O–H groups in total. The molecule has 1 atom stereocenters. The molecule has 0 aliphatic rings. The van der Waals surface area contributed by atoms with Crippen molar-refractivity contribution in [3.63, 3.8) is 0 Å². The van der Waals surface area contributed by atoms with Gasteiger partial charge in [-0.25, -0.2) is 0 Å². The Bertz CT molecular complexity index is 359. The third kappa shape index (κ3) is 6.36. The molecule has 1 amide bonds. The summed E-state index contributed by atoms with van der Waals surface area (Å²) in [6, 6.07) is 6.60. The maximum absolute atomic E-state index is 11.1. The van der Waals surface area contributed by atoms with Crippen LogP contribution in [0.25, 0.3) is 0 Å². The highest BCUT2D eigenvalue weighted by atomic mass is 35.5. The third-order valence-corrected chi connectivity index (χ3v) is 2.11. The van der Waals surface area contributed by atoms with Crippen LogP contribution < -0.4 is 15.8 Å². The standard InChI is InChI=1S/C11H15ClN2O2.ClH/c1-8(13)11(15)14-5-6-16-10-4-2-3-9(12)7-10;/h2-4,7-8H,5-6,13H2,1H3,(H,14,15);1H. The molecule has 0 spiro atoms. The zero-order valence-electron chi connectivity index (χ0n) is 9.48. The summed E-state index contributed by atoms with van der Waals surface area (Å²) in [5.41, 5.74) is 5.38. The van der Waals surface area contributed by atoms with E-state index in [1.165, 1.54) is 0 Å². The lowest BCUT2D eigenvalue weighted by atomic mass is 10.3. The number of hydrogen-bond donors (Lipinski definition) is 2. The van der Waals surface area contributed by atoms with Crippen LogP contribution in [0.15, 0.2) is 24.3 Å². The van der Waals surface area contributed by atoms with Crippen molar-refractivity contribution >= 4 is 29.9 Å². The van der Waals surface area contributed by atoms with E-state index in [0.29, 0.717) is 23.9 Å². The first-order chi connectivity index (χ1) is 7.59. The number of benzene rings is 1.